The van der Waals surface area contributed by atoms with Crippen LogP contribution in [0.3, 0.4) is 0 Å². The number of hydrogen-bond acceptors (Lipinski definition) is 5. The number of fused-ring (bicyclic) bond motifs is 1. The lowest BCUT2D eigenvalue weighted by molar-refractivity contribution is 0.224. The van der Waals surface area contributed by atoms with Gasteiger partial charge in [-0.2, -0.15) is 0 Å². The van der Waals surface area contributed by atoms with Gasteiger partial charge in [0, 0.05) is 23.7 Å². The molecule has 1 N–H and O–H groups in total. The molecule has 1 aliphatic heterocycles. The van der Waals surface area contributed by atoms with Crippen LogP contribution in [0.1, 0.15) is 37.6 Å². The topological polar surface area (TPSA) is 72.7 Å². The average Bonchev–Trinajstić information content (AvgIpc) is 2.68. The molecule has 3 aromatic rings. The summed E-state index contributed by atoms with van der Waals surface area (Å²) in [4.78, 5) is 25.7. The van der Waals surface area contributed by atoms with Crippen molar-refractivity contribution in [3.05, 3.63) is 76.5 Å². The van der Waals surface area contributed by atoms with E-state index >= 15 is 0 Å². The molecule has 0 radical (unpaired) electrons. The number of nitrogens with zero attached hydrogens (tertiary/aromatic N) is 4. The molecular formula is C21H22FN5O. The number of nitrogens with one attached hydrogen (secondary N) is 1. The number of halogens is 1. The van der Waals surface area contributed by atoms with Gasteiger partial charge in [0.25, 0.3) is 5.56 Å². The lowest BCUT2D eigenvalue weighted by Crippen LogP contribution is -2.53. The van der Waals surface area contributed by atoms with Crippen LogP contribution < -0.4 is 10.9 Å². The van der Waals surface area contributed by atoms with Gasteiger partial charge in [0.2, 0.25) is 0 Å². The highest BCUT2D eigenvalue weighted by molar-refractivity contribution is 5.52. The van der Waals surface area contributed by atoms with Crippen LogP contribution in [0, 0.1) is 5.82 Å². The van der Waals surface area contributed by atoms with Gasteiger partial charge in [-0.25, -0.2) is 19.3 Å². The summed E-state index contributed by atoms with van der Waals surface area (Å²) in [6, 6.07) is 9.82. The molecule has 1 aliphatic rings. The fourth-order valence-electron chi connectivity index (χ4n) is 3.70. The lowest BCUT2D eigenvalue weighted by Gasteiger charge is -2.41. The molecule has 0 fully saturated rings. The summed E-state index contributed by atoms with van der Waals surface area (Å²) in [5.74, 6) is 0.532. The van der Waals surface area contributed by atoms with Crippen molar-refractivity contribution < 1.29 is 4.39 Å². The van der Waals surface area contributed by atoms with Crippen molar-refractivity contribution in [1.29, 1.82) is 0 Å². The fraction of sp³-hybridized carbons (Fsp3) is 0.333. The third-order valence-electron chi connectivity index (χ3n) is 5.39. The van der Waals surface area contributed by atoms with Gasteiger partial charge in [0.15, 0.2) is 0 Å². The zero-order valence-electron chi connectivity index (χ0n) is 15.9. The van der Waals surface area contributed by atoms with Crippen molar-refractivity contribution in [2.24, 2.45) is 0 Å². The Bertz CT molecular complexity index is 1030. The largest absolute Gasteiger partial charge is 0.294 e. The average molecular weight is 379 g/mol. The van der Waals surface area contributed by atoms with Crippen molar-refractivity contribution in [2.45, 2.75) is 44.8 Å². The standard InChI is InChI=1S/C21H22FN5O/c1-21(2)16(8-5-14-3-6-15(22)7-4-14)20-26-18(17-9-10-23-12-24-17)11-19(28)27(20)13-25-21/h3-4,6-7,9-12,16,25H,5,8,13H2,1-2H3. The van der Waals surface area contributed by atoms with Crippen molar-refractivity contribution in [3.63, 3.8) is 0 Å². The summed E-state index contributed by atoms with van der Waals surface area (Å²) in [5.41, 5.74) is 1.91. The first-order valence-electron chi connectivity index (χ1n) is 9.32. The molecule has 3 heterocycles. The molecule has 0 saturated heterocycles. The maximum atomic E-state index is 13.2. The Hall–Kier alpha value is -2.93. The smallest absolute Gasteiger partial charge is 0.255 e. The van der Waals surface area contributed by atoms with E-state index in [1.807, 2.05) is 0 Å². The molecule has 0 bridgehead atoms. The first-order valence-corrected chi connectivity index (χ1v) is 9.32. The highest BCUT2D eigenvalue weighted by Crippen LogP contribution is 2.34. The Balaban J connectivity index is 1.71. The molecule has 28 heavy (non-hydrogen) atoms. The molecule has 0 amide bonds. The summed E-state index contributed by atoms with van der Waals surface area (Å²) in [5, 5.41) is 3.45. The lowest BCUT2D eigenvalue weighted by atomic mass is 9.81. The van der Waals surface area contributed by atoms with E-state index in [4.69, 9.17) is 4.98 Å². The molecule has 4 rings (SSSR count). The first kappa shape index (κ1) is 18.4. The summed E-state index contributed by atoms with van der Waals surface area (Å²) in [6.45, 7) is 4.66. The van der Waals surface area contributed by atoms with Crippen molar-refractivity contribution >= 4 is 0 Å². The Labute approximate surface area is 162 Å². The van der Waals surface area contributed by atoms with Gasteiger partial charge in [0.1, 0.15) is 18.0 Å². The summed E-state index contributed by atoms with van der Waals surface area (Å²) in [6.07, 6.45) is 4.64. The van der Waals surface area contributed by atoms with Gasteiger partial charge >= 0.3 is 0 Å². The third kappa shape index (κ3) is 3.57. The Morgan fingerprint density at radius 3 is 2.71 bits per heavy atom. The first-order chi connectivity index (χ1) is 13.4. The minimum atomic E-state index is -0.239. The van der Waals surface area contributed by atoms with Gasteiger partial charge < -0.3 is 0 Å². The van der Waals surface area contributed by atoms with E-state index in [1.165, 1.54) is 24.5 Å². The van der Waals surface area contributed by atoms with Crippen LogP contribution in [0.25, 0.3) is 11.4 Å². The number of hydrogen-bond donors (Lipinski definition) is 1. The van der Waals surface area contributed by atoms with E-state index in [0.29, 0.717) is 18.1 Å². The Morgan fingerprint density at radius 1 is 1.21 bits per heavy atom. The summed E-state index contributed by atoms with van der Waals surface area (Å²) < 4.78 is 14.9. The zero-order chi connectivity index (χ0) is 19.7. The second-order valence-corrected chi connectivity index (χ2v) is 7.63. The van der Waals surface area contributed by atoms with E-state index in [-0.39, 0.29) is 22.8 Å². The quantitative estimate of drug-likeness (QED) is 0.755. The second kappa shape index (κ2) is 7.24. The van der Waals surface area contributed by atoms with E-state index in [1.54, 1.807) is 29.0 Å². The molecule has 1 atom stereocenters. The van der Waals surface area contributed by atoms with Crippen LogP contribution in [-0.2, 0) is 13.1 Å². The minimum absolute atomic E-state index is 0.0146. The van der Waals surface area contributed by atoms with Gasteiger partial charge in [0.05, 0.1) is 18.1 Å². The molecule has 6 nitrogen and oxygen atoms in total. The van der Waals surface area contributed by atoms with Crippen LogP contribution in [0.2, 0.25) is 0 Å². The molecule has 7 heteroatoms. The molecule has 1 aromatic carbocycles. The monoisotopic (exact) mass is 379 g/mol. The second-order valence-electron chi connectivity index (χ2n) is 7.63. The predicted octanol–water partition coefficient (Wildman–Crippen LogP) is 2.90. The molecule has 2 aromatic heterocycles. The molecule has 0 spiro atoms. The van der Waals surface area contributed by atoms with E-state index in [9.17, 15) is 9.18 Å². The molecular weight excluding hydrogens is 357 g/mol. The van der Waals surface area contributed by atoms with Crippen LogP contribution >= 0.6 is 0 Å². The molecule has 0 saturated carbocycles. The van der Waals surface area contributed by atoms with Crippen molar-refractivity contribution in [1.82, 2.24) is 24.8 Å². The number of aromatic nitrogens is 4. The highest BCUT2D eigenvalue weighted by Gasteiger charge is 2.37. The number of aryl methyl sites for hydroxylation is 1. The van der Waals surface area contributed by atoms with Crippen molar-refractivity contribution in [3.8, 4) is 11.4 Å². The van der Waals surface area contributed by atoms with E-state index < -0.39 is 0 Å². The van der Waals surface area contributed by atoms with Crippen molar-refractivity contribution in [2.75, 3.05) is 0 Å². The van der Waals surface area contributed by atoms with E-state index in [2.05, 4.69) is 29.1 Å². The van der Waals surface area contributed by atoms with Gasteiger partial charge in [-0.15, -0.1) is 0 Å². The Kier molecular flexibility index (Phi) is 4.77. The molecule has 1 unspecified atom stereocenters. The van der Waals surface area contributed by atoms with Gasteiger partial charge in [-0.05, 0) is 50.5 Å². The van der Waals surface area contributed by atoms with Gasteiger partial charge in [-0.1, -0.05) is 12.1 Å². The Morgan fingerprint density at radius 2 is 2.00 bits per heavy atom. The number of rotatable bonds is 4. The van der Waals surface area contributed by atoms with Crippen LogP contribution in [0.4, 0.5) is 4.39 Å². The van der Waals surface area contributed by atoms with Crippen LogP contribution in [0.5, 0.6) is 0 Å². The summed E-state index contributed by atoms with van der Waals surface area (Å²) in [7, 11) is 0. The SMILES string of the molecule is CC1(C)NCn2c(nc(-c3ccncn3)cc2=O)C1CCc1ccc(F)cc1. The minimum Gasteiger partial charge on any atom is -0.294 e. The van der Waals surface area contributed by atoms with Gasteiger partial charge in [-0.3, -0.25) is 14.7 Å². The van der Waals surface area contributed by atoms with E-state index in [0.717, 1.165) is 24.2 Å². The zero-order valence-corrected chi connectivity index (χ0v) is 15.9. The third-order valence-corrected chi connectivity index (χ3v) is 5.39. The predicted molar refractivity (Wildman–Crippen MR) is 104 cm³/mol. The number of benzene rings is 1. The van der Waals surface area contributed by atoms with Crippen LogP contribution in [0.15, 0.2) is 53.7 Å². The molecule has 0 aliphatic carbocycles. The highest BCUT2D eigenvalue weighted by atomic mass is 19.1. The van der Waals surface area contributed by atoms with Crippen LogP contribution in [-0.4, -0.2) is 25.1 Å². The normalized spacial score (nSPS) is 17.9. The fourth-order valence-corrected chi connectivity index (χ4v) is 3.70. The maximum Gasteiger partial charge on any atom is 0.255 e. The summed E-state index contributed by atoms with van der Waals surface area (Å²) >= 11 is 0. The maximum absolute atomic E-state index is 13.2. The molecule has 144 valence electrons.